The maximum absolute atomic E-state index is 13.6. The molecule has 2 aromatic rings. The fraction of sp³-hybridized carbons (Fsp3) is 0.568. The van der Waals surface area contributed by atoms with Crippen LogP contribution in [0.4, 0.5) is 0 Å². The van der Waals surface area contributed by atoms with Gasteiger partial charge in [0.05, 0.1) is 19.3 Å². The molecule has 2 fully saturated rings. The smallest absolute Gasteiger partial charge is 0.267 e. The Kier molecular flexibility index (Phi) is 11.1. The van der Waals surface area contributed by atoms with Crippen LogP contribution in [0.5, 0.6) is 0 Å². The van der Waals surface area contributed by atoms with Crippen LogP contribution < -0.4 is 0 Å². The van der Waals surface area contributed by atoms with Crippen molar-refractivity contribution in [2.45, 2.75) is 121 Å². The fourth-order valence-corrected chi connectivity index (χ4v) is 7.59. The van der Waals surface area contributed by atoms with Crippen molar-refractivity contribution in [2.24, 2.45) is 0 Å². The lowest BCUT2D eigenvalue weighted by Gasteiger charge is -2.42. The van der Waals surface area contributed by atoms with Gasteiger partial charge in [-0.3, -0.25) is 9.69 Å². The molecule has 232 valence electrons. The second-order valence-electron chi connectivity index (χ2n) is 12.5. The molecule has 5 nitrogen and oxygen atoms in total. The zero-order valence-corrected chi connectivity index (χ0v) is 26.9. The van der Waals surface area contributed by atoms with E-state index in [1.807, 2.05) is 24.3 Å². The number of amides is 1. The molecule has 6 heteroatoms. The monoisotopic (exact) mass is 603 g/mol. The van der Waals surface area contributed by atoms with Crippen LogP contribution in [-0.2, 0) is 24.6 Å². The van der Waals surface area contributed by atoms with Gasteiger partial charge in [-0.05, 0) is 43.5 Å². The van der Waals surface area contributed by atoms with E-state index >= 15 is 0 Å². The standard InChI is InChI=1S/C37H49NO4S/c1-3-4-5-10-16-24-36(40-26-27-41-36)25-17-11-8-6-7-9-15-23-33(39)38-34-29(2)30-19-18-22-32(28-30)37(34,42-35(38)43)31-20-13-12-14-21-31/h9,12-15,18-22,28-29,34H,3-8,10-11,16-17,23-27H2,1-2H3/b15-9+/t29?,34-,37?/m0/s1. The molecule has 3 atom stereocenters. The van der Waals surface area contributed by atoms with Gasteiger partial charge in [0.15, 0.2) is 11.4 Å². The predicted octanol–water partition coefficient (Wildman–Crippen LogP) is 8.95. The van der Waals surface area contributed by atoms with E-state index in [9.17, 15) is 4.79 Å². The Morgan fingerprint density at radius 2 is 1.56 bits per heavy atom. The number of ether oxygens (including phenoxy) is 3. The topological polar surface area (TPSA) is 48.0 Å². The van der Waals surface area contributed by atoms with Crippen LogP contribution in [0.25, 0.3) is 0 Å². The lowest BCUT2D eigenvalue weighted by Crippen LogP contribution is -2.51. The van der Waals surface area contributed by atoms with Gasteiger partial charge in [-0.25, -0.2) is 0 Å². The molecular weight excluding hydrogens is 554 g/mol. The van der Waals surface area contributed by atoms with E-state index in [0.29, 0.717) is 6.42 Å². The summed E-state index contributed by atoms with van der Waals surface area (Å²) in [6.07, 6.45) is 18.4. The molecular formula is C37H49NO4S. The highest BCUT2D eigenvalue weighted by Crippen LogP contribution is 2.52. The van der Waals surface area contributed by atoms with Crippen LogP contribution in [-0.4, -0.2) is 41.0 Å². The van der Waals surface area contributed by atoms with Gasteiger partial charge in [-0.1, -0.05) is 119 Å². The molecule has 3 aliphatic rings. The highest BCUT2D eigenvalue weighted by molar-refractivity contribution is 7.80. The second-order valence-corrected chi connectivity index (χ2v) is 12.8. The summed E-state index contributed by atoms with van der Waals surface area (Å²) in [5.74, 6) is -0.248. The van der Waals surface area contributed by atoms with E-state index in [4.69, 9.17) is 26.4 Å². The summed E-state index contributed by atoms with van der Waals surface area (Å²) in [5, 5.41) is 0.274. The highest BCUT2D eigenvalue weighted by atomic mass is 32.1. The molecule has 1 amide bonds. The van der Waals surface area contributed by atoms with E-state index in [1.54, 1.807) is 4.90 Å². The molecule has 2 bridgehead atoms. The summed E-state index contributed by atoms with van der Waals surface area (Å²) in [5.41, 5.74) is 2.50. The number of unbranched alkanes of at least 4 members (excludes halogenated alkanes) is 8. The third kappa shape index (κ3) is 7.08. The van der Waals surface area contributed by atoms with E-state index in [-0.39, 0.29) is 28.8 Å². The number of thiocarbonyl (C=S) groups is 1. The van der Waals surface area contributed by atoms with Crippen molar-refractivity contribution in [1.29, 1.82) is 0 Å². The maximum atomic E-state index is 13.6. The summed E-state index contributed by atoms with van der Waals surface area (Å²) < 4.78 is 18.7. The van der Waals surface area contributed by atoms with Crippen molar-refractivity contribution >= 4 is 23.3 Å². The molecule has 2 heterocycles. The van der Waals surface area contributed by atoms with E-state index < -0.39 is 5.60 Å². The molecule has 2 aliphatic heterocycles. The Balaban J connectivity index is 1.08. The van der Waals surface area contributed by atoms with Gasteiger partial charge >= 0.3 is 0 Å². The summed E-state index contributed by atoms with van der Waals surface area (Å²) in [4.78, 5) is 15.4. The maximum Gasteiger partial charge on any atom is 0.267 e. The minimum Gasteiger partial charge on any atom is -0.452 e. The van der Waals surface area contributed by atoms with Crippen LogP contribution in [0, 0.1) is 0 Å². The molecule has 2 aromatic carbocycles. The number of allylic oxidation sites excluding steroid dienone is 1. The molecule has 0 spiro atoms. The minimum absolute atomic E-state index is 0.00221. The van der Waals surface area contributed by atoms with Crippen molar-refractivity contribution in [1.82, 2.24) is 4.90 Å². The zero-order valence-electron chi connectivity index (χ0n) is 26.1. The average Bonchev–Trinajstić information content (AvgIpc) is 3.63. The van der Waals surface area contributed by atoms with Crippen molar-refractivity contribution in [3.63, 3.8) is 0 Å². The molecule has 0 aromatic heterocycles. The van der Waals surface area contributed by atoms with Gasteiger partial charge in [-0.15, -0.1) is 0 Å². The van der Waals surface area contributed by atoms with Crippen LogP contribution in [0.2, 0.25) is 0 Å². The third-order valence-electron chi connectivity index (χ3n) is 9.54. The molecule has 1 aliphatic carbocycles. The van der Waals surface area contributed by atoms with Crippen LogP contribution >= 0.6 is 12.2 Å². The lowest BCUT2D eigenvalue weighted by atomic mass is 9.69. The van der Waals surface area contributed by atoms with Gasteiger partial charge in [0.1, 0.15) is 0 Å². The van der Waals surface area contributed by atoms with Crippen molar-refractivity contribution in [3.8, 4) is 0 Å². The highest BCUT2D eigenvalue weighted by Gasteiger charge is 2.60. The quantitative estimate of drug-likeness (QED) is 0.109. The molecule has 0 radical (unpaired) electrons. The Morgan fingerprint density at radius 1 is 0.884 bits per heavy atom. The van der Waals surface area contributed by atoms with Gasteiger partial charge in [-0.2, -0.15) is 0 Å². The van der Waals surface area contributed by atoms with Crippen LogP contribution in [0.1, 0.15) is 120 Å². The second kappa shape index (κ2) is 15.0. The molecule has 2 saturated heterocycles. The first kappa shape index (κ1) is 31.9. The molecule has 0 saturated carbocycles. The average molecular weight is 604 g/mol. The summed E-state index contributed by atoms with van der Waals surface area (Å²) in [7, 11) is 0. The number of benzene rings is 2. The van der Waals surface area contributed by atoms with Crippen molar-refractivity contribution < 1.29 is 19.0 Å². The predicted molar refractivity (Wildman–Crippen MR) is 176 cm³/mol. The molecule has 5 rings (SSSR count). The molecule has 2 unspecified atom stereocenters. The normalized spacial score (nSPS) is 24.0. The largest absolute Gasteiger partial charge is 0.452 e. The van der Waals surface area contributed by atoms with Crippen molar-refractivity contribution in [2.75, 3.05) is 13.2 Å². The van der Waals surface area contributed by atoms with Gasteiger partial charge in [0, 0.05) is 36.3 Å². The van der Waals surface area contributed by atoms with E-state index in [1.165, 1.54) is 50.5 Å². The van der Waals surface area contributed by atoms with Gasteiger partial charge in [0.2, 0.25) is 5.91 Å². The Bertz CT molecular complexity index is 1240. The Morgan fingerprint density at radius 3 is 2.28 bits per heavy atom. The first-order valence-corrected chi connectivity index (χ1v) is 17.1. The van der Waals surface area contributed by atoms with Gasteiger partial charge in [0.25, 0.3) is 5.17 Å². The van der Waals surface area contributed by atoms with E-state index in [0.717, 1.165) is 56.4 Å². The van der Waals surface area contributed by atoms with Gasteiger partial charge < -0.3 is 14.2 Å². The molecule has 0 N–H and O–H groups in total. The SMILES string of the molecule is CCCCCCCC1(CCCCCC/C=C/CC(=O)N2C(=S)OC3(c4ccccc4)c4cccc(c4)C(C)[C@H]23)OCCO1. The summed E-state index contributed by atoms with van der Waals surface area (Å²) in [6, 6.07) is 18.5. The first-order valence-electron chi connectivity index (χ1n) is 16.6. The summed E-state index contributed by atoms with van der Waals surface area (Å²) in [6.45, 7) is 5.89. The zero-order chi connectivity index (χ0) is 30.1. The minimum atomic E-state index is -0.784. The first-order chi connectivity index (χ1) is 21.0. The van der Waals surface area contributed by atoms with Crippen LogP contribution in [0.15, 0.2) is 66.7 Å². The Labute approximate surface area is 264 Å². The number of fused-ring (bicyclic) bond motifs is 4. The fourth-order valence-electron chi connectivity index (χ4n) is 7.24. The lowest BCUT2D eigenvalue weighted by molar-refractivity contribution is -0.168. The number of hydrogen-bond acceptors (Lipinski definition) is 5. The van der Waals surface area contributed by atoms with E-state index in [2.05, 4.69) is 56.3 Å². The Hall–Kier alpha value is -2.54. The molecule has 43 heavy (non-hydrogen) atoms. The third-order valence-corrected chi connectivity index (χ3v) is 9.82. The number of carbonyl (C=O) groups is 1. The van der Waals surface area contributed by atoms with Crippen LogP contribution in [0.3, 0.4) is 0 Å². The number of carbonyl (C=O) groups excluding carboxylic acids is 1. The number of nitrogens with zero attached hydrogens (tertiary/aromatic N) is 1. The van der Waals surface area contributed by atoms with Crippen molar-refractivity contribution in [3.05, 3.63) is 83.4 Å². The summed E-state index contributed by atoms with van der Waals surface area (Å²) >= 11 is 5.73. The number of rotatable bonds is 16. The number of hydrogen-bond donors (Lipinski definition) is 0.